The molecule has 1 aliphatic carbocycles. The van der Waals surface area contributed by atoms with Gasteiger partial charge in [0.2, 0.25) is 5.78 Å². The number of benzene rings is 3. The number of halogens is 1. The van der Waals surface area contributed by atoms with E-state index in [1.165, 1.54) is 17.4 Å². The summed E-state index contributed by atoms with van der Waals surface area (Å²) in [6, 6.07) is 26.4. The minimum absolute atomic E-state index is 0.0139. The Bertz CT molecular complexity index is 2350. The number of carbonyl (C=O) groups is 3. The molecule has 8 rings (SSSR count). The van der Waals surface area contributed by atoms with Gasteiger partial charge in [0.25, 0.3) is 11.8 Å². The fraction of sp³-hybridized carbons (Fsp3) is 0.267. The molecule has 0 unspecified atom stereocenters. The van der Waals surface area contributed by atoms with Crippen LogP contribution in [0.3, 0.4) is 0 Å². The topological polar surface area (TPSA) is 112 Å². The highest BCUT2D eigenvalue weighted by atomic mass is 32.1. The summed E-state index contributed by atoms with van der Waals surface area (Å²) in [5.74, 6) is -1.27. The van der Waals surface area contributed by atoms with Gasteiger partial charge in [-0.05, 0) is 135 Å². The Kier molecular flexibility index (Phi) is 9.88. The van der Waals surface area contributed by atoms with Crippen LogP contribution in [0.4, 0.5) is 15.8 Å². The van der Waals surface area contributed by atoms with Gasteiger partial charge >= 0.3 is 0 Å². The van der Waals surface area contributed by atoms with Crippen LogP contribution >= 0.6 is 11.3 Å². The van der Waals surface area contributed by atoms with Crippen LogP contribution in [0.1, 0.15) is 101 Å². The van der Waals surface area contributed by atoms with Gasteiger partial charge in [0.1, 0.15) is 11.5 Å². The maximum Gasteiger partial charge on any atom is 0.258 e. The number of anilines is 2. The lowest BCUT2D eigenvalue weighted by atomic mass is 9.57. The van der Waals surface area contributed by atoms with Gasteiger partial charge in [0.05, 0.1) is 21.8 Å². The minimum Gasteiger partial charge on any atom is -0.381 e. The van der Waals surface area contributed by atoms with E-state index in [2.05, 4.69) is 5.32 Å². The lowest BCUT2D eigenvalue weighted by molar-refractivity contribution is -0.0405. The van der Waals surface area contributed by atoms with E-state index in [0.717, 1.165) is 72.0 Å². The van der Waals surface area contributed by atoms with Crippen molar-refractivity contribution >= 4 is 57.7 Å². The van der Waals surface area contributed by atoms with Crippen molar-refractivity contribution < 1.29 is 23.5 Å². The molecule has 3 aliphatic rings. The van der Waals surface area contributed by atoms with Gasteiger partial charge in [0, 0.05) is 53.1 Å². The van der Waals surface area contributed by atoms with Crippen LogP contribution in [0, 0.1) is 30.5 Å². The molecule has 4 heterocycles. The van der Waals surface area contributed by atoms with E-state index in [1.807, 2.05) is 55.5 Å². The average molecular weight is 753 g/mol. The zero-order valence-electron chi connectivity index (χ0n) is 30.8. The molecule has 2 aliphatic heterocycles. The first-order valence-electron chi connectivity index (χ1n) is 18.7. The Morgan fingerprint density at radius 1 is 0.927 bits per heavy atom. The van der Waals surface area contributed by atoms with Gasteiger partial charge in [-0.2, -0.15) is 0 Å². The van der Waals surface area contributed by atoms with Crippen molar-refractivity contribution in [1.29, 1.82) is 5.41 Å². The van der Waals surface area contributed by atoms with E-state index in [1.54, 1.807) is 54.3 Å². The smallest absolute Gasteiger partial charge is 0.258 e. The van der Waals surface area contributed by atoms with Crippen molar-refractivity contribution in [3.63, 3.8) is 0 Å². The number of carbonyl (C=O) groups excluding carboxylic acids is 3. The molecule has 3 aromatic carbocycles. The minimum atomic E-state index is -0.594. The second kappa shape index (κ2) is 14.9. The maximum absolute atomic E-state index is 14.6. The Hall–Kier alpha value is -5.58. The van der Waals surface area contributed by atoms with E-state index in [9.17, 15) is 18.8 Å². The second-order valence-corrected chi connectivity index (χ2v) is 16.0. The van der Waals surface area contributed by atoms with Crippen molar-refractivity contribution in [2.45, 2.75) is 51.9 Å². The summed E-state index contributed by atoms with van der Waals surface area (Å²) < 4.78 is 20.2. The molecule has 1 saturated carbocycles. The van der Waals surface area contributed by atoms with E-state index in [0.29, 0.717) is 45.6 Å². The van der Waals surface area contributed by atoms with Crippen LogP contribution in [-0.2, 0) is 4.74 Å². The molecule has 8 nitrogen and oxygen atoms in total. The summed E-state index contributed by atoms with van der Waals surface area (Å²) in [5.41, 5.74) is 6.46. The molecule has 1 saturated heterocycles. The Morgan fingerprint density at radius 2 is 1.69 bits per heavy atom. The number of ether oxygens (including phenoxy) is 1. The second-order valence-electron chi connectivity index (χ2n) is 14.9. The molecule has 2 N–H and O–H groups in total. The zero-order chi connectivity index (χ0) is 38.3. The van der Waals surface area contributed by atoms with Crippen molar-refractivity contribution in [3.8, 4) is 0 Å². The number of Topliss-reactive ketones (excluding diaryl/α,β-unsaturated/α-hetero) is 1. The summed E-state index contributed by atoms with van der Waals surface area (Å²) in [4.78, 5) is 48.8. The predicted molar refractivity (Wildman–Crippen MR) is 215 cm³/mol. The van der Waals surface area contributed by atoms with Gasteiger partial charge in [-0.25, -0.2) is 4.39 Å². The molecule has 2 amide bonds. The molecule has 0 bridgehead atoms. The highest BCUT2D eigenvalue weighted by Gasteiger charge is 2.47. The van der Waals surface area contributed by atoms with Gasteiger partial charge < -0.3 is 15.0 Å². The van der Waals surface area contributed by atoms with Crippen molar-refractivity contribution in [1.82, 2.24) is 4.98 Å². The van der Waals surface area contributed by atoms with E-state index in [4.69, 9.17) is 15.1 Å². The molecular formula is C45H41FN4O4S. The maximum atomic E-state index is 14.6. The third-order valence-corrected chi connectivity index (χ3v) is 12.4. The normalized spacial score (nSPS) is 16.4. The molecule has 10 heteroatoms. The van der Waals surface area contributed by atoms with E-state index in [-0.39, 0.29) is 29.0 Å². The molecule has 0 atom stereocenters. The largest absolute Gasteiger partial charge is 0.381 e. The van der Waals surface area contributed by atoms with Crippen LogP contribution in [0.5, 0.6) is 0 Å². The molecule has 2 aromatic heterocycles. The third kappa shape index (κ3) is 7.20. The quantitative estimate of drug-likeness (QED) is 0.121. The molecule has 2 fully saturated rings. The summed E-state index contributed by atoms with van der Waals surface area (Å²) >= 11 is 1.26. The fourth-order valence-electron chi connectivity index (χ4n) is 8.21. The highest BCUT2D eigenvalue weighted by molar-refractivity contribution is 7.16. The summed E-state index contributed by atoms with van der Waals surface area (Å²) in [7, 11) is 0. The SMILES string of the molecule is Cc1ccc(C(=O)Nc2ccc(C(=O)N3CCC(c4ccc(C(=O)C(=N)c5c(C)cccc5F)s4)=Cc4ccccc43)cc2)c(C2CC3(CCOCC3)C2)n1. The van der Waals surface area contributed by atoms with E-state index < -0.39 is 11.6 Å². The van der Waals surface area contributed by atoms with Crippen LogP contribution in [0.25, 0.3) is 11.6 Å². The first kappa shape index (κ1) is 36.4. The molecular weight excluding hydrogens is 712 g/mol. The Balaban J connectivity index is 0.956. The fourth-order valence-corrected chi connectivity index (χ4v) is 9.21. The number of para-hydroxylation sites is 1. The van der Waals surface area contributed by atoms with Crippen LogP contribution < -0.4 is 10.2 Å². The number of ketones is 1. The predicted octanol–water partition coefficient (Wildman–Crippen LogP) is 9.67. The number of hydrogen-bond acceptors (Lipinski definition) is 7. The number of pyridine rings is 1. The van der Waals surface area contributed by atoms with Gasteiger partial charge in [-0.15, -0.1) is 11.3 Å². The van der Waals surface area contributed by atoms with Crippen LogP contribution in [0.15, 0.2) is 91.0 Å². The standard InChI is InChI=1S/C45H41FN4O4S/c1-27-6-5-8-35(46)39(27)40(47)42(51)38-17-16-37(55-38)31-18-21-50(36-9-4-3-7-30(36)24-31)44(53)29-11-13-33(14-12-29)49-43(52)34-15-10-28(2)48-41(34)32-25-45(26-32)19-22-54-23-20-45/h3-17,24,32,47H,18-23,25-26H2,1-2H3,(H,49,52). The van der Waals surface area contributed by atoms with Gasteiger partial charge in [-0.3, -0.25) is 24.8 Å². The molecule has 0 radical (unpaired) electrons. The lowest BCUT2D eigenvalue weighted by Crippen LogP contribution is -2.41. The molecule has 5 aromatic rings. The molecule has 278 valence electrons. The third-order valence-electron chi connectivity index (χ3n) is 11.2. The number of amides is 2. The Morgan fingerprint density at radius 3 is 2.45 bits per heavy atom. The first-order chi connectivity index (χ1) is 26.6. The van der Waals surface area contributed by atoms with Crippen LogP contribution in [-0.4, -0.2) is 48.1 Å². The summed E-state index contributed by atoms with van der Waals surface area (Å²) in [6.07, 6.45) is 6.73. The summed E-state index contributed by atoms with van der Waals surface area (Å²) in [5, 5.41) is 11.5. The lowest BCUT2D eigenvalue weighted by Gasteiger charge is -2.50. The number of hydrogen-bond donors (Lipinski definition) is 2. The number of aryl methyl sites for hydroxylation is 2. The van der Waals surface area contributed by atoms with Crippen molar-refractivity contribution in [2.75, 3.05) is 30.0 Å². The van der Waals surface area contributed by atoms with Crippen molar-refractivity contribution in [3.05, 3.63) is 146 Å². The highest BCUT2D eigenvalue weighted by Crippen LogP contribution is 2.56. The average Bonchev–Trinajstić information content (AvgIpc) is 3.59. The van der Waals surface area contributed by atoms with E-state index >= 15 is 0 Å². The van der Waals surface area contributed by atoms with Gasteiger partial charge in [0.15, 0.2) is 0 Å². The molecule has 1 spiro atoms. The number of aromatic nitrogens is 1. The number of rotatable bonds is 8. The zero-order valence-corrected chi connectivity index (χ0v) is 31.6. The number of fused-ring (bicyclic) bond motifs is 1. The Labute approximate surface area is 323 Å². The number of thiophene rings is 1. The van der Waals surface area contributed by atoms with Gasteiger partial charge in [-0.1, -0.05) is 30.3 Å². The molecule has 55 heavy (non-hydrogen) atoms. The number of nitrogens with one attached hydrogen (secondary N) is 2. The number of nitrogens with zero attached hydrogens (tertiary/aromatic N) is 2. The first-order valence-corrected chi connectivity index (χ1v) is 19.5. The van der Waals surface area contributed by atoms with Crippen LogP contribution in [0.2, 0.25) is 0 Å². The monoisotopic (exact) mass is 752 g/mol. The summed E-state index contributed by atoms with van der Waals surface area (Å²) in [6.45, 7) is 5.63. The van der Waals surface area contributed by atoms with Crippen molar-refractivity contribution in [2.24, 2.45) is 5.41 Å².